The summed E-state index contributed by atoms with van der Waals surface area (Å²) in [6.07, 6.45) is 20.5. The summed E-state index contributed by atoms with van der Waals surface area (Å²) in [5.41, 5.74) is 0.0378. The van der Waals surface area contributed by atoms with Gasteiger partial charge in [-0.15, -0.1) is 0 Å². The van der Waals surface area contributed by atoms with Gasteiger partial charge in [-0.2, -0.15) is 0 Å². The van der Waals surface area contributed by atoms with Crippen molar-refractivity contribution in [3.8, 4) is 0 Å². The number of hydrogen-bond acceptors (Lipinski definition) is 2. The van der Waals surface area contributed by atoms with E-state index in [1.54, 1.807) is 0 Å². The number of esters is 1. The molecule has 0 atom stereocenters. The lowest BCUT2D eigenvalue weighted by molar-refractivity contribution is -0.174. The van der Waals surface area contributed by atoms with Crippen molar-refractivity contribution in [1.29, 1.82) is 0 Å². The van der Waals surface area contributed by atoms with Crippen LogP contribution in [0.1, 0.15) is 117 Å². The first-order chi connectivity index (χ1) is 12.7. The molecule has 3 aliphatic rings. The maximum atomic E-state index is 13.3. The zero-order chi connectivity index (χ0) is 18.5. The fourth-order valence-corrected chi connectivity index (χ4v) is 6.88. The van der Waals surface area contributed by atoms with Gasteiger partial charge >= 0.3 is 5.97 Å². The van der Waals surface area contributed by atoms with Crippen LogP contribution >= 0.6 is 0 Å². The number of carbonyl (C=O) groups excluding carboxylic acids is 1. The molecule has 0 aromatic heterocycles. The summed E-state index contributed by atoms with van der Waals surface area (Å²) in [6.45, 7) is 5.06. The molecule has 0 aromatic carbocycles. The van der Waals surface area contributed by atoms with Gasteiger partial charge in [0.05, 0.1) is 12.0 Å². The van der Waals surface area contributed by atoms with Gasteiger partial charge < -0.3 is 4.74 Å². The van der Waals surface area contributed by atoms with Crippen LogP contribution < -0.4 is 0 Å². The molecule has 0 bridgehead atoms. The molecule has 0 saturated heterocycles. The molecule has 0 heterocycles. The van der Waals surface area contributed by atoms with E-state index in [1.165, 1.54) is 77.0 Å². The van der Waals surface area contributed by atoms with Gasteiger partial charge in [-0.1, -0.05) is 65.2 Å². The van der Waals surface area contributed by atoms with Crippen molar-refractivity contribution < 1.29 is 9.53 Å². The molecule has 150 valence electrons. The molecule has 0 N–H and O–H groups in total. The van der Waals surface area contributed by atoms with Gasteiger partial charge in [-0.3, -0.25) is 4.79 Å². The van der Waals surface area contributed by atoms with Gasteiger partial charge in [0.15, 0.2) is 0 Å². The maximum Gasteiger partial charge on any atom is 0.312 e. The van der Waals surface area contributed by atoms with Crippen molar-refractivity contribution >= 4 is 5.97 Å². The third-order valence-corrected chi connectivity index (χ3v) is 8.53. The Morgan fingerprint density at radius 3 is 1.96 bits per heavy atom. The van der Waals surface area contributed by atoms with E-state index in [9.17, 15) is 4.79 Å². The third-order valence-electron chi connectivity index (χ3n) is 8.53. The predicted octanol–water partition coefficient (Wildman–Crippen LogP) is 7.06. The molecule has 3 saturated carbocycles. The molecule has 2 nitrogen and oxygen atoms in total. The van der Waals surface area contributed by atoms with Crippen LogP contribution in [-0.4, -0.2) is 12.6 Å². The van der Waals surface area contributed by atoms with Gasteiger partial charge in [-0.05, 0) is 68.6 Å². The molecule has 0 aromatic rings. The molecule has 3 aliphatic carbocycles. The van der Waals surface area contributed by atoms with Crippen molar-refractivity contribution in [2.45, 2.75) is 117 Å². The molecule has 3 rings (SSSR count). The van der Waals surface area contributed by atoms with Crippen LogP contribution in [0.5, 0.6) is 0 Å². The Hall–Kier alpha value is -0.530. The van der Waals surface area contributed by atoms with Gasteiger partial charge in [0, 0.05) is 0 Å². The van der Waals surface area contributed by atoms with Crippen molar-refractivity contribution in [2.24, 2.45) is 22.7 Å². The zero-order valence-electron chi connectivity index (χ0n) is 17.5. The van der Waals surface area contributed by atoms with Crippen LogP contribution in [0.4, 0.5) is 0 Å². The van der Waals surface area contributed by atoms with Gasteiger partial charge in [0.2, 0.25) is 0 Å². The molecule has 0 spiro atoms. The first-order valence-electron chi connectivity index (χ1n) is 11.8. The molecule has 0 amide bonds. The highest BCUT2D eigenvalue weighted by molar-refractivity contribution is 5.78. The first kappa shape index (κ1) is 20.2. The summed E-state index contributed by atoms with van der Waals surface area (Å²) in [5, 5.41) is 0. The van der Waals surface area contributed by atoms with Crippen LogP contribution in [0, 0.1) is 22.7 Å². The Morgan fingerprint density at radius 1 is 0.808 bits per heavy atom. The Kier molecular flexibility index (Phi) is 7.08. The monoisotopic (exact) mass is 362 g/mol. The summed E-state index contributed by atoms with van der Waals surface area (Å²) in [5.74, 6) is 2.08. The van der Waals surface area contributed by atoms with Crippen molar-refractivity contribution in [2.75, 3.05) is 6.61 Å². The fourth-order valence-electron chi connectivity index (χ4n) is 6.88. The number of hydrogen-bond donors (Lipinski definition) is 0. The van der Waals surface area contributed by atoms with Gasteiger partial charge in [-0.25, -0.2) is 0 Å². The smallest absolute Gasteiger partial charge is 0.312 e. The largest absolute Gasteiger partial charge is 0.465 e. The van der Waals surface area contributed by atoms with Crippen LogP contribution in [0.2, 0.25) is 0 Å². The van der Waals surface area contributed by atoms with E-state index >= 15 is 0 Å². The highest BCUT2D eigenvalue weighted by atomic mass is 16.5. The average Bonchev–Trinajstić information content (AvgIpc) is 2.73. The van der Waals surface area contributed by atoms with Crippen molar-refractivity contribution in [3.63, 3.8) is 0 Å². The Labute approximate surface area is 161 Å². The summed E-state index contributed by atoms with van der Waals surface area (Å²) < 4.78 is 5.82. The minimum atomic E-state index is -0.174. The average molecular weight is 363 g/mol. The number of ether oxygens (including phenoxy) is 1. The van der Waals surface area contributed by atoms with Crippen molar-refractivity contribution in [3.05, 3.63) is 0 Å². The van der Waals surface area contributed by atoms with E-state index in [2.05, 4.69) is 13.8 Å². The summed E-state index contributed by atoms with van der Waals surface area (Å²) in [7, 11) is 0. The summed E-state index contributed by atoms with van der Waals surface area (Å²) in [6, 6.07) is 0. The topological polar surface area (TPSA) is 26.3 Å². The third kappa shape index (κ3) is 3.85. The molecule has 0 unspecified atom stereocenters. The molecular formula is C24H42O2. The maximum absolute atomic E-state index is 13.3. The molecule has 0 aliphatic heterocycles. The fraction of sp³-hybridized carbons (Fsp3) is 0.958. The van der Waals surface area contributed by atoms with E-state index in [-0.39, 0.29) is 16.8 Å². The van der Waals surface area contributed by atoms with Crippen molar-refractivity contribution in [1.82, 2.24) is 0 Å². The number of carbonyl (C=O) groups is 1. The van der Waals surface area contributed by atoms with Gasteiger partial charge in [0.1, 0.15) is 0 Å². The molecular weight excluding hydrogens is 320 g/mol. The van der Waals surface area contributed by atoms with E-state index in [0.717, 1.165) is 37.5 Å². The minimum absolute atomic E-state index is 0.164. The SMILES string of the molecule is CCCOC(=O)C1([C@]2(CC)CC[C@H](C3CCCCC3)CC2)CCCCC1. The lowest BCUT2D eigenvalue weighted by Crippen LogP contribution is -2.51. The number of rotatable bonds is 6. The second kappa shape index (κ2) is 9.11. The van der Waals surface area contributed by atoms with E-state index in [4.69, 9.17) is 4.74 Å². The lowest BCUT2D eigenvalue weighted by Gasteiger charge is -2.54. The van der Waals surface area contributed by atoms with Crippen LogP contribution in [-0.2, 0) is 9.53 Å². The van der Waals surface area contributed by atoms with Crippen LogP contribution in [0.15, 0.2) is 0 Å². The summed E-state index contributed by atoms with van der Waals surface area (Å²) in [4.78, 5) is 13.3. The summed E-state index contributed by atoms with van der Waals surface area (Å²) >= 11 is 0. The van der Waals surface area contributed by atoms with E-state index in [0.29, 0.717) is 6.61 Å². The van der Waals surface area contributed by atoms with E-state index < -0.39 is 0 Å². The molecule has 2 heteroatoms. The highest BCUT2D eigenvalue weighted by Gasteiger charge is 2.57. The Bertz CT molecular complexity index is 435. The quantitative estimate of drug-likeness (QED) is 0.473. The second-order valence-corrected chi connectivity index (χ2v) is 9.65. The van der Waals surface area contributed by atoms with E-state index in [1.807, 2.05) is 0 Å². The molecule has 26 heavy (non-hydrogen) atoms. The van der Waals surface area contributed by atoms with Gasteiger partial charge in [0.25, 0.3) is 0 Å². The highest BCUT2D eigenvalue weighted by Crippen LogP contribution is 2.60. The Morgan fingerprint density at radius 2 is 1.38 bits per heavy atom. The predicted molar refractivity (Wildman–Crippen MR) is 108 cm³/mol. The zero-order valence-corrected chi connectivity index (χ0v) is 17.5. The Balaban J connectivity index is 1.74. The van der Waals surface area contributed by atoms with Crippen LogP contribution in [0.25, 0.3) is 0 Å². The van der Waals surface area contributed by atoms with Crippen LogP contribution in [0.3, 0.4) is 0 Å². The molecule has 3 fully saturated rings. The first-order valence-corrected chi connectivity index (χ1v) is 11.8. The molecule has 0 radical (unpaired) electrons. The minimum Gasteiger partial charge on any atom is -0.465 e. The second-order valence-electron chi connectivity index (χ2n) is 9.65. The standard InChI is InChI=1S/C24H42O2/c1-3-19-26-22(25)24(15-9-6-10-16-24)23(4-2)17-13-21(14-18-23)20-11-7-5-8-12-20/h20-21H,3-19H2,1-2H3/t21-,23+. The normalized spacial score (nSPS) is 32.9. The lowest BCUT2D eigenvalue weighted by atomic mass is 9.49.